The minimum atomic E-state index is -1.44. The summed E-state index contributed by atoms with van der Waals surface area (Å²) < 4.78 is 15.0. The van der Waals surface area contributed by atoms with Crippen molar-refractivity contribution in [2.75, 3.05) is 7.05 Å². The summed E-state index contributed by atoms with van der Waals surface area (Å²) in [6, 6.07) is 15.4. The van der Waals surface area contributed by atoms with E-state index in [1.54, 1.807) is 30.1 Å². The van der Waals surface area contributed by atoms with Gasteiger partial charge in [0.15, 0.2) is 0 Å². The Bertz CT molecular complexity index is 1010. The van der Waals surface area contributed by atoms with Crippen LogP contribution in [0.4, 0.5) is 4.39 Å². The van der Waals surface area contributed by atoms with Gasteiger partial charge in [-0.3, -0.25) is 4.79 Å². The lowest BCUT2D eigenvalue weighted by molar-refractivity contribution is -0.297. The normalized spacial score (nSPS) is 10.9. The number of para-hydroxylation sites is 1. The predicted octanol–water partition coefficient (Wildman–Crippen LogP) is 1.94. The topological polar surface area (TPSA) is 78.3 Å². The summed E-state index contributed by atoms with van der Waals surface area (Å²) in [5.41, 5.74) is 2.88. The SMILES string of the molecule is CN(Cc1cn(-c2ccccc2)nc1-c1ccc(F)cc1)C(=O)/C=C/C(=O)[O-]. The van der Waals surface area contributed by atoms with E-state index in [4.69, 9.17) is 0 Å². The highest BCUT2D eigenvalue weighted by Crippen LogP contribution is 2.25. The first kappa shape index (κ1) is 19.0. The highest BCUT2D eigenvalue weighted by Gasteiger charge is 2.16. The number of amides is 1. The molecule has 0 fully saturated rings. The molecule has 0 saturated heterocycles. The van der Waals surface area contributed by atoms with Gasteiger partial charge in [0.1, 0.15) is 5.82 Å². The van der Waals surface area contributed by atoms with Crippen molar-refractivity contribution >= 4 is 11.9 Å². The van der Waals surface area contributed by atoms with E-state index in [1.165, 1.54) is 17.0 Å². The fourth-order valence-corrected chi connectivity index (χ4v) is 2.69. The van der Waals surface area contributed by atoms with Gasteiger partial charge in [0, 0.05) is 37.0 Å². The van der Waals surface area contributed by atoms with Crippen LogP contribution in [0.1, 0.15) is 5.56 Å². The first-order chi connectivity index (χ1) is 13.4. The molecule has 6 nitrogen and oxygen atoms in total. The zero-order chi connectivity index (χ0) is 20.1. The summed E-state index contributed by atoms with van der Waals surface area (Å²) in [6.45, 7) is 0.190. The van der Waals surface area contributed by atoms with Crippen LogP contribution >= 0.6 is 0 Å². The summed E-state index contributed by atoms with van der Waals surface area (Å²) in [4.78, 5) is 24.0. The molecule has 7 heteroatoms. The third-order valence-corrected chi connectivity index (χ3v) is 4.07. The number of rotatable bonds is 6. The van der Waals surface area contributed by atoms with Crippen LogP contribution in [0.5, 0.6) is 0 Å². The van der Waals surface area contributed by atoms with Crippen LogP contribution in [0.3, 0.4) is 0 Å². The van der Waals surface area contributed by atoms with E-state index in [-0.39, 0.29) is 12.4 Å². The standard InChI is InChI=1S/C21H18FN3O3/c1-24(19(26)11-12-20(27)28)13-16-14-25(18-5-3-2-4-6-18)23-21(16)15-7-9-17(22)10-8-15/h2-12,14H,13H2,1H3,(H,27,28)/p-1/b12-11+. The highest BCUT2D eigenvalue weighted by molar-refractivity contribution is 5.93. The van der Waals surface area contributed by atoms with E-state index in [2.05, 4.69) is 5.10 Å². The molecule has 0 saturated carbocycles. The van der Waals surface area contributed by atoms with Crippen LogP contribution in [-0.2, 0) is 16.1 Å². The molecule has 1 aromatic heterocycles. The predicted molar refractivity (Wildman–Crippen MR) is 99.6 cm³/mol. The van der Waals surface area contributed by atoms with E-state index >= 15 is 0 Å². The van der Waals surface area contributed by atoms with Gasteiger partial charge in [-0.05, 0) is 42.5 Å². The monoisotopic (exact) mass is 378 g/mol. The number of carboxylic acid groups (broad SMARTS) is 1. The van der Waals surface area contributed by atoms with E-state index < -0.39 is 11.9 Å². The molecule has 2 aromatic carbocycles. The van der Waals surface area contributed by atoms with Crippen molar-refractivity contribution in [3.05, 3.63) is 84.3 Å². The van der Waals surface area contributed by atoms with Crippen molar-refractivity contribution in [2.45, 2.75) is 6.54 Å². The van der Waals surface area contributed by atoms with Crippen LogP contribution < -0.4 is 5.11 Å². The minimum absolute atomic E-state index is 0.190. The van der Waals surface area contributed by atoms with E-state index in [1.807, 2.05) is 30.3 Å². The zero-order valence-electron chi connectivity index (χ0n) is 15.1. The summed E-state index contributed by atoms with van der Waals surface area (Å²) in [5.74, 6) is -2.28. The molecule has 0 aliphatic carbocycles. The van der Waals surface area contributed by atoms with Gasteiger partial charge in [0.05, 0.1) is 17.4 Å². The van der Waals surface area contributed by atoms with Crippen LogP contribution in [-0.4, -0.2) is 33.6 Å². The second kappa shape index (κ2) is 8.30. The van der Waals surface area contributed by atoms with Gasteiger partial charge in [0.25, 0.3) is 0 Å². The summed E-state index contributed by atoms with van der Waals surface area (Å²) in [6.07, 6.45) is 3.42. The van der Waals surface area contributed by atoms with Crippen LogP contribution in [0.2, 0.25) is 0 Å². The Morgan fingerprint density at radius 1 is 1.11 bits per heavy atom. The average Bonchev–Trinajstić information content (AvgIpc) is 3.11. The Kier molecular flexibility index (Phi) is 5.64. The maximum Gasteiger partial charge on any atom is 0.246 e. The number of nitrogens with zero attached hydrogens (tertiary/aromatic N) is 3. The van der Waals surface area contributed by atoms with Crippen molar-refractivity contribution in [3.8, 4) is 16.9 Å². The molecule has 0 N–H and O–H groups in total. The van der Waals surface area contributed by atoms with Gasteiger partial charge in [-0.2, -0.15) is 5.10 Å². The van der Waals surface area contributed by atoms with Gasteiger partial charge in [-0.15, -0.1) is 0 Å². The molecule has 142 valence electrons. The Morgan fingerprint density at radius 2 is 1.79 bits per heavy atom. The number of carbonyl (C=O) groups excluding carboxylic acids is 2. The first-order valence-electron chi connectivity index (χ1n) is 8.48. The maximum atomic E-state index is 13.3. The second-order valence-electron chi connectivity index (χ2n) is 6.14. The van der Waals surface area contributed by atoms with Gasteiger partial charge in [-0.25, -0.2) is 9.07 Å². The number of carbonyl (C=O) groups is 2. The van der Waals surface area contributed by atoms with E-state index in [0.717, 1.165) is 17.3 Å². The summed E-state index contributed by atoms with van der Waals surface area (Å²) in [7, 11) is 1.55. The third-order valence-electron chi connectivity index (χ3n) is 4.07. The Morgan fingerprint density at radius 3 is 2.43 bits per heavy atom. The second-order valence-corrected chi connectivity index (χ2v) is 6.14. The molecular formula is C21H17FN3O3-. The molecule has 1 heterocycles. The molecule has 0 bridgehead atoms. The van der Waals surface area contributed by atoms with Crippen molar-refractivity contribution in [1.82, 2.24) is 14.7 Å². The smallest absolute Gasteiger partial charge is 0.246 e. The lowest BCUT2D eigenvalue weighted by Crippen LogP contribution is -2.26. The average molecular weight is 378 g/mol. The van der Waals surface area contributed by atoms with Gasteiger partial charge in [-0.1, -0.05) is 18.2 Å². The number of carboxylic acids is 1. The Labute approximate surface area is 161 Å². The maximum absolute atomic E-state index is 13.3. The number of aromatic nitrogens is 2. The van der Waals surface area contributed by atoms with Crippen LogP contribution in [0.15, 0.2) is 72.9 Å². The molecule has 0 aliphatic rings. The Balaban J connectivity index is 1.96. The molecule has 0 unspecified atom stereocenters. The highest BCUT2D eigenvalue weighted by atomic mass is 19.1. The number of benzene rings is 2. The van der Waals surface area contributed by atoms with Gasteiger partial charge < -0.3 is 14.8 Å². The number of hydrogen-bond acceptors (Lipinski definition) is 4. The van der Waals surface area contributed by atoms with Gasteiger partial charge in [0.2, 0.25) is 5.91 Å². The van der Waals surface area contributed by atoms with Crippen molar-refractivity contribution in [2.24, 2.45) is 0 Å². The fraction of sp³-hybridized carbons (Fsp3) is 0.0952. The largest absolute Gasteiger partial charge is 0.545 e. The first-order valence-corrected chi connectivity index (χ1v) is 8.48. The molecule has 0 spiro atoms. The molecule has 0 aliphatic heterocycles. The summed E-state index contributed by atoms with van der Waals surface area (Å²) >= 11 is 0. The van der Waals surface area contributed by atoms with Crippen molar-refractivity contribution in [1.29, 1.82) is 0 Å². The quantitative estimate of drug-likeness (QED) is 0.614. The number of aliphatic carboxylic acids is 1. The van der Waals surface area contributed by atoms with Crippen molar-refractivity contribution < 1.29 is 19.1 Å². The lowest BCUT2D eigenvalue weighted by atomic mass is 10.1. The van der Waals surface area contributed by atoms with Crippen LogP contribution in [0, 0.1) is 5.82 Å². The molecule has 1 amide bonds. The summed E-state index contributed by atoms with van der Waals surface area (Å²) in [5, 5.41) is 15.1. The molecule has 3 rings (SSSR count). The Hall–Kier alpha value is -3.74. The molecule has 0 radical (unpaired) electrons. The lowest BCUT2D eigenvalue weighted by Gasteiger charge is -2.15. The van der Waals surface area contributed by atoms with E-state index in [0.29, 0.717) is 17.3 Å². The fourth-order valence-electron chi connectivity index (χ4n) is 2.69. The zero-order valence-corrected chi connectivity index (χ0v) is 15.1. The van der Waals surface area contributed by atoms with Crippen LogP contribution in [0.25, 0.3) is 16.9 Å². The third kappa shape index (κ3) is 4.50. The minimum Gasteiger partial charge on any atom is -0.545 e. The number of hydrogen-bond donors (Lipinski definition) is 0. The van der Waals surface area contributed by atoms with Crippen molar-refractivity contribution in [3.63, 3.8) is 0 Å². The molecule has 0 atom stereocenters. The number of likely N-dealkylation sites (N-methyl/N-ethyl adjacent to an activating group) is 1. The molecule has 3 aromatic rings. The molecule has 28 heavy (non-hydrogen) atoms. The molecular weight excluding hydrogens is 361 g/mol. The van der Waals surface area contributed by atoms with Gasteiger partial charge >= 0.3 is 0 Å². The number of halogens is 1. The van der Waals surface area contributed by atoms with E-state index in [9.17, 15) is 19.1 Å².